The van der Waals surface area contributed by atoms with Crippen molar-refractivity contribution < 1.29 is 39.8 Å². The lowest BCUT2D eigenvalue weighted by Crippen LogP contribution is -2.60. The average Bonchev–Trinajstić information content (AvgIpc) is 3.21. The lowest BCUT2D eigenvalue weighted by Gasteiger charge is -2.40. The topological polar surface area (TPSA) is 149 Å². The van der Waals surface area contributed by atoms with Crippen LogP contribution in [-0.2, 0) is 14.3 Å². The first kappa shape index (κ1) is 53.9. The third kappa shape index (κ3) is 29.7. The van der Waals surface area contributed by atoms with Gasteiger partial charge < -0.3 is 40.3 Å². The first-order chi connectivity index (χ1) is 27.8. The maximum atomic E-state index is 13.0. The van der Waals surface area contributed by atoms with Gasteiger partial charge in [0.25, 0.3) is 0 Å². The number of unbranched alkanes of at least 4 members (excludes halogenated alkanes) is 31. The highest BCUT2D eigenvalue weighted by atomic mass is 16.7. The summed E-state index contributed by atoms with van der Waals surface area (Å²) in [6.45, 7) is 3.79. The van der Waals surface area contributed by atoms with Gasteiger partial charge in [0.15, 0.2) is 6.29 Å². The Hall–Kier alpha value is -1.07. The van der Waals surface area contributed by atoms with Crippen molar-refractivity contribution in [1.82, 2.24) is 5.32 Å². The second-order valence-electron chi connectivity index (χ2n) is 17.3. The lowest BCUT2D eigenvalue weighted by molar-refractivity contribution is -0.302. The molecule has 1 aliphatic rings. The molecule has 1 heterocycles. The van der Waals surface area contributed by atoms with Crippen LogP contribution in [0.3, 0.4) is 0 Å². The molecule has 9 heteroatoms. The molecule has 1 unspecified atom stereocenters. The Bertz CT molecular complexity index is 904. The Labute approximate surface area is 350 Å². The Morgan fingerprint density at radius 1 is 0.579 bits per heavy atom. The number of rotatable bonds is 41. The SMILES string of the molecule is CCCCCCCCCCCCC/C=C/[C@@H](O)[C@H](COC1O[C@H](CO)[C@H](O)[C@H](O)[C@H]1O)NC(=O)CCCCCCCCCCCCCCCCCCCCCCC. The van der Waals surface area contributed by atoms with Crippen LogP contribution in [0.25, 0.3) is 0 Å². The Morgan fingerprint density at radius 2 is 0.965 bits per heavy atom. The van der Waals surface area contributed by atoms with E-state index >= 15 is 0 Å². The van der Waals surface area contributed by atoms with Gasteiger partial charge in [-0.1, -0.05) is 219 Å². The van der Waals surface area contributed by atoms with E-state index in [1.54, 1.807) is 6.08 Å². The summed E-state index contributed by atoms with van der Waals surface area (Å²) in [5.74, 6) is -0.173. The molecule has 0 spiro atoms. The zero-order chi connectivity index (χ0) is 41.6. The maximum Gasteiger partial charge on any atom is 0.220 e. The van der Waals surface area contributed by atoms with Gasteiger partial charge in [0.05, 0.1) is 25.4 Å². The van der Waals surface area contributed by atoms with E-state index in [9.17, 15) is 30.3 Å². The molecule has 0 radical (unpaired) electrons. The highest BCUT2D eigenvalue weighted by Crippen LogP contribution is 2.23. The zero-order valence-corrected chi connectivity index (χ0v) is 37.1. The molecule has 1 rings (SSSR count). The van der Waals surface area contributed by atoms with Crippen molar-refractivity contribution in [3.05, 3.63) is 12.2 Å². The molecule has 7 atom stereocenters. The van der Waals surface area contributed by atoms with Crippen LogP contribution in [0, 0.1) is 0 Å². The first-order valence-corrected chi connectivity index (χ1v) is 24.4. The molecule has 1 amide bonds. The van der Waals surface area contributed by atoms with E-state index in [0.717, 1.165) is 38.5 Å². The molecular formula is C48H93NO8. The summed E-state index contributed by atoms with van der Waals surface area (Å²) in [4.78, 5) is 13.0. The Balaban J connectivity index is 2.27. The van der Waals surface area contributed by atoms with E-state index in [-0.39, 0.29) is 12.5 Å². The number of hydrogen-bond acceptors (Lipinski definition) is 8. The normalized spacial score (nSPS) is 21.0. The van der Waals surface area contributed by atoms with E-state index in [1.807, 2.05) is 6.08 Å². The molecule has 0 aromatic carbocycles. The van der Waals surface area contributed by atoms with Crippen LogP contribution in [0.2, 0.25) is 0 Å². The summed E-state index contributed by atoms with van der Waals surface area (Å²) < 4.78 is 11.2. The fourth-order valence-electron chi connectivity index (χ4n) is 7.92. The van der Waals surface area contributed by atoms with Gasteiger partial charge in [-0.3, -0.25) is 4.79 Å². The molecule has 1 saturated heterocycles. The predicted octanol–water partition coefficient (Wildman–Crippen LogP) is 10.5. The molecule has 338 valence electrons. The molecule has 57 heavy (non-hydrogen) atoms. The lowest BCUT2D eigenvalue weighted by atomic mass is 9.99. The maximum absolute atomic E-state index is 13.0. The summed E-state index contributed by atoms with van der Waals surface area (Å²) in [6.07, 6.45) is 38.3. The Kier molecular flexibility index (Phi) is 37.0. The summed E-state index contributed by atoms with van der Waals surface area (Å²) in [5, 5.41) is 54.2. The second kappa shape index (κ2) is 39.1. The van der Waals surface area contributed by atoms with E-state index < -0.39 is 49.5 Å². The molecule has 1 aliphatic heterocycles. The minimum absolute atomic E-state index is 0.173. The largest absolute Gasteiger partial charge is 0.394 e. The van der Waals surface area contributed by atoms with Crippen LogP contribution < -0.4 is 5.32 Å². The van der Waals surface area contributed by atoms with Gasteiger partial charge in [0, 0.05) is 6.42 Å². The Morgan fingerprint density at radius 3 is 1.37 bits per heavy atom. The van der Waals surface area contributed by atoms with Gasteiger partial charge in [-0.15, -0.1) is 0 Å². The quantitative estimate of drug-likeness (QED) is 0.0264. The van der Waals surface area contributed by atoms with Crippen molar-refractivity contribution in [3.8, 4) is 0 Å². The van der Waals surface area contributed by atoms with Crippen LogP contribution in [0.15, 0.2) is 12.2 Å². The van der Waals surface area contributed by atoms with Gasteiger partial charge in [-0.05, 0) is 19.3 Å². The van der Waals surface area contributed by atoms with Gasteiger partial charge in [-0.25, -0.2) is 0 Å². The number of aliphatic hydroxyl groups excluding tert-OH is 5. The number of aliphatic hydroxyl groups is 5. The number of carbonyl (C=O) groups excluding carboxylic acids is 1. The smallest absolute Gasteiger partial charge is 0.220 e. The number of hydrogen-bond donors (Lipinski definition) is 6. The van der Waals surface area contributed by atoms with E-state index in [1.165, 1.54) is 173 Å². The van der Waals surface area contributed by atoms with Crippen molar-refractivity contribution >= 4 is 5.91 Å². The van der Waals surface area contributed by atoms with Crippen LogP contribution in [0.5, 0.6) is 0 Å². The van der Waals surface area contributed by atoms with Crippen LogP contribution in [0.1, 0.15) is 232 Å². The number of amides is 1. The summed E-state index contributed by atoms with van der Waals surface area (Å²) in [6, 6.07) is -0.798. The monoisotopic (exact) mass is 812 g/mol. The third-order valence-electron chi connectivity index (χ3n) is 11.9. The first-order valence-electron chi connectivity index (χ1n) is 24.4. The van der Waals surface area contributed by atoms with Gasteiger partial charge >= 0.3 is 0 Å². The van der Waals surface area contributed by atoms with Crippen LogP contribution >= 0.6 is 0 Å². The average molecular weight is 812 g/mol. The number of ether oxygens (including phenoxy) is 2. The molecule has 1 fully saturated rings. The van der Waals surface area contributed by atoms with Crippen LogP contribution in [0.4, 0.5) is 0 Å². The minimum Gasteiger partial charge on any atom is -0.394 e. The van der Waals surface area contributed by atoms with Crippen molar-refractivity contribution in [2.45, 2.75) is 275 Å². The minimum atomic E-state index is -1.56. The standard InChI is InChI=1S/C48H93NO8/c1-3-5-7-9-11-13-15-17-18-19-20-21-22-23-24-26-28-30-32-34-36-38-44(52)49-41(40-56-48-47(55)46(54)45(53)43(39-50)57-48)42(51)37-35-33-31-29-27-25-16-14-12-10-8-6-4-2/h35,37,41-43,45-48,50-51,53-55H,3-34,36,38-40H2,1-2H3,(H,49,52)/b37-35+/t41-,42+,43+,45-,46-,47+,48?/m0/s1. The van der Waals surface area contributed by atoms with E-state index in [4.69, 9.17) is 9.47 Å². The van der Waals surface area contributed by atoms with E-state index in [0.29, 0.717) is 6.42 Å². The fraction of sp³-hybridized carbons (Fsp3) is 0.938. The van der Waals surface area contributed by atoms with Crippen molar-refractivity contribution in [2.24, 2.45) is 0 Å². The highest BCUT2D eigenvalue weighted by molar-refractivity contribution is 5.76. The third-order valence-corrected chi connectivity index (χ3v) is 11.9. The van der Waals surface area contributed by atoms with Gasteiger partial charge in [0.2, 0.25) is 5.91 Å². The molecule has 6 N–H and O–H groups in total. The van der Waals surface area contributed by atoms with Crippen molar-refractivity contribution in [3.63, 3.8) is 0 Å². The zero-order valence-electron chi connectivity index (χ0n) is 37.1. The molecule has 9 nitrogen and oxygen atoms in total. The van der Waals surface area contributed by atoms with Gasteiger partial charge in [-0.2, -0.15) is 0 Å². The molecule has 0 aromatic rings. The number of carbonyl (C=O) groups is 1. The molecule has 0 aliphatic carbocycles. The van der Waals surface area contributed by atoms with E-state index in [2.05, 4.69) is 19.2 Å². The molecule has 0 aromatic heterocycles. The van der Waals surface area contributed by atoms with Crippen LogP contribution in [-0.4, -0.2) is 87.5 Å². The molecule has 0 bridgehead atoms. The molecule has 0 saturated carbocycles. The van der Waals surface area contributed by atoms with Gasteiger partial charge in [0.1, 0.15) is 24.4 Å². The predicted molar refractivity (Wildman–Crippen MR) is 235 cm³/mol. The molecular weight excluding hydrogens is 719 g/mol. The van der Waals surface area contributed by atoms with Crippen molar-refractivity contribution in [1.29, 1.82) is 0 Å². The highest BCUT2D eigenvalue weighted by Gasteiger charge is 2.44. The fourth-order valence-corrected chi connectivity index (χ4v) is 7.92. The van der Waals surface area contributed by atoms with Crippen molar-refractivity contribution in [2.75, 3.05) is 13.2 Å². The summed E-state index contributed by atoms with van der Waals surface area (Å²) in [5.41, 5.74) is 0. The summed E-state index contributed by atoms with van der Waals surface area (Å²) >= 11 is 0. The second-order valence-corrected chi connectivity index (χ2v) is 17.3. The number of nitrogens with one attached hydrogen (secondary N) is 1. The summed E-state index contributed by atoms with van der Waals surface area (Å²) in [7, 11) is 0. The number of allylic oxidation sites excluding steroid dienone is 1.